The van der Waals surface area contributed by atoms with Crippen LogP contribution in [0, 0.1) is 11.8 Å². The lowest BCUT2D eigenvalue weighted by atomic mass is 9.95. The molecule has 1 aromatic rings. The number of halogens is 2. The summed E-state index contributed by atoms with van der Waals surface area (Å²) in [5.41, 5.74) is 6.61. The molecule has 0 aromatic heterocycles. The van der Waals surface area contributed by atoms with Gasteiger partial charge in [0.15, 0.2) is 0 Å². The van der Waals surface area contributed by atoms with Crippen LogP contribution >= 0.6 is 24.0 Å². The number of hydrogen-bond acceptors (Lipinski definition) is 3. The lowest BCUT2D eigenvalue weighted by Gasteiger charge is -2.19. The zero-order valence-electron chi connectivity index (χ0n) is 14.0. The summed E-state index contributed by atoms with van der Waals surface area (Å²) in [6.45, 7) is 4.28. The Morgan fingerprint density at radius 2 is 2.04 bits per heavy atom. The molecule has 2 rings (SSSR count). The van der Waals surface area contributed by atoms with Gasteiger partial charge >= 0.3 is 0 Å². The lowest BCUT2D eigenvalue weighted by molar-refractivity contribution is -0.120. The highest BCUT2D eigenvalue weighted by molar-refractivity contribution is 6.31. The van der Waals surface area contributed by atoms with E-state index in [1.807, 2.05) is 13.8 Å². The molecule has 0 saturated heterocycles. The SMILES string of the molecule is CC(C)NC(=O)c1ccc(Cl)cc1NC(=O)[C@@H]1CCC[C@@H]1CN.Cl. The highest BCUT2D eigenvalue weighted by Crippen LogP contribution is 2.32. The smallest absolute Gasteiger partial charge is 0.253 e. The van der Waals surface area contributed by atoms with Crippen LogP contribution in [-0.2, 0) is 4.79 Å². The molecule has 2 amide bonds. The summed E-state index contributed by atoms with van der Waals surface area (Å²) < 4.78 is 0. The summed E-state index contributed by atoms with van der Waals surface area (Å²) in [5, 5.41) is 6.18. The molecule has 134 valence electrons. The van der Waals surface area contributed by atoms with Crippen LogP contribution in [0.3, 0.4) is 0 Å². The number of benzene rings is 1. The van der Waals surface area contributed by atoms with Crippen molar-refractivity contribution in [2.24, 2.45) is 17.6 Å². The molecule has 0 aliphatic heterocycles. The first-order valence-corrected chi connectivity index (χ1v) is 8.41. The zero-order valence-corrected chi connectivity index (χ0v) is 15.5. The van der Waals surface area contributed by atoms with Crippen molar-refractivity contribution in [1.29, 1.82) is 0 Å². The van der Waals surface area contributed by atoms with E-state index in [1.165, 1.54) is 0 Å². The topological polar surface area (TPSA) is 84.2 Å². The van der Waals surface area contributed by atoms with E-state index in [2.05, 4.69) is 10.6 Å². The number of hydrogen-bond donors (Lipinski definition) is 3. The highest BCUT2D eigenvalue weighted by atomic mass is 35.5. The molecule has 5 nitrogen and oxygen atoms in total. The van der Waals surface area contributed by atoms with Crippen LogP contribution in [0.15, 0.2) is 18.2 Å². The normalized spacial score (nSPS) is 19.7. The Labute approximate surface area is 154 Å². The van der Waals surface area contributed by atoms with Crippen LogP contribution in [0.25, 0.3) is 0 Å². The molecule has 24 heavy (non-hydrogen) atoms. The summed E-state index contributed by atoms with van der Waals surface area (Å²) in [7, 11) is 0. The van der Waals surface area contributed by atoms with E-state index >= 15 is 0 Å². The number of rotatable bonds is 5. The van der Waals surface area contributed by atoms with Crippen molar-refractivity contribution < 1.29 is 9.59 Å². The van der Waals surface area contributed by atoms with Crippen LogP contribution in [0.1, 0.15) is 43.5 Å². The maximum atomic E-state index is 12.6. The average molecular weight is 374 g/mol. The number of carbonyl (C=O) groups is 2. The van der Waals surface area contributed by atoms with Crippen LogP contribution in [0.4, 0.5) is 5.69 Å². The standard InChI is InChI=1S/C17H24ClN3O2.ClH/c1-10(2)20-17(23)14-7-6-12(18)8-15(14)21-16(22)13-5-3-4-11(13)9-19;/h6-8,10-11,13H,3-5,9,19H2,1-2H3,(H,20,23)(H,21,22);1H/t11-,13-;/m1./s1. The molecule has 1 aliphatic rings. The molecule has 0 bridgehead atoms. The van der Waals surface area contributed by atoms with Crippen molar-refractivity contribution in [3.05, 3.63) is 28.8 Å². The molecule has 7 heteroatoms. The van der Waals surface area contributed by atoms with Gasteiger partial charge in [-0.05, 0) is 57.4 Å². The van der Waals surface area contributed by atoms with Gasteiger partial charge in [0.1, 0.15) is 0 Å². The van der Waals surface area contributed by atoms with E-state index in [-0.39, 0.29) is 42.1 Å². The first kappa shape index (κ1) is 20.7. The maximum absolute atomic E-state index is 12.6. The van der Waals surface area contributed by atoms with Gasteiger partial charge in [0.2, 0.25) is 5.91 Å². The first-order chi connectivity index (χ1) is 10.9. The number of anilines is 1. The van der Waals surface area contributed by atoms with E-state index in [0.29, 0.717) is 22.8 Å². The van der Waals surface area contributed by atoms with Crippen molar-refractivity contribution in [3.8, 4) is 0 Å². The fraction of sp³-hybridized carbons (Fsp3) is 0.529. The predicted octanol–water partition coefficient (Wildman–Crippen LogP) is 3.21. The van der Waals surface area contributed by atoms with Gasteiger partial charge in [-0.25, -0.2) is 0 Å². The second kappa shape index (κ2) is 9.25. The second-order valence-electron chi connectivity index (χ2n) is 6.34. The fourth-order valence-corrected chi connectivity index (χ4v) is 3.22. The van der Waals surface area contributed by atoms with E-state index < -0.39 is 0 Å². The number of nitrogens with one attached hydrogen (secondary N) is 2. The van der Waals surface area contributed by atoms with E-state index in [0.717, 1.165) is 19.3 Å². The van der Waals surface area contributed by atoms with E-state index in [4.69, 9.17) is 17.3 Å². The van der Waals surface area contributed by atoms with Gasteiger partial charge in [-0.1, -0.05) is 18.0 Å². The summed E-state index contributed by atoms with van der Waals surface area (Å²) in [5.74, 6) is -0.199. The molecule has 1 aromatic carbocycles. The minimum atomic E-state index is -0.228. The Morgan fingerprint density at radius 3 is 2.67 bits per heavy atom. The minimum absolute atomic E-state index is 0. The van der Waals surface area contributed by atoms with Crippen LogP contribution < -0.4 is 16.4 Å². The molecule has 4 N–H and O–H groups in total. The third-order valence-electron chi connectivity index (χ3n) is 4.20. The third-order valence-corrected chi connectivity index (χ3v) is 4.44. The second-order valence-corrected chi connectivity index (χ2v) is 6.78. The van der Waals surface area contributed by atoms with Crippen molar-refractivity contribution in [1.82, 2.24) is 5.32 Å². The largest absolute Gasteiger partial charge is 0.350 e. The van der Waals surface area contributed by atoms with Gasteiger partial charge < -0.3 is 16.4 Å². The molecule has 2 atom stereocenters. The molecule has 0 radical (unpaired) electrons. The van der Waals surface area contributed by atoms with Crippen LogP contribution in [0.5, 0.6) is 0 Å². The first-order valence-electron chi connectivity index (χ1n) is 8.03. The van der Waals surface area contributed by atoms with Gasteiger partial charge in [-0.3, -0.25) is 9.59 Å². The highest BCUT2D eigenvalue weighted by Gasteiger charge is 2.32. The maximum Gasteiger partial charge on any atom is 0.253 e. The molecule has 0 unspecified atom stereocenters. The summed E-state index contributed by atoms with van der Waals surface area (Å²) in [4.78, 5) is 24.8. The number of amides is 2. The molecular formula is C17H25Cl2N3O2. The van der Waals surface area contributed by atoms with Crippen molar-refractivity contribution in [3.63, 3.8) is 0 Å². The average Bonchev–Trinajstić information content (AvgIpc) is 2.95. The molecule has 0 heterocycles. The third kappa shape index (κ3) is 5.10. The molecule has 1 aliphatic carbocycles. The lowest BCUT2D eigenvalue weighted by Crippen LogP contribution is -2.33. The van der Waals surface area contributed by atoms with Gasteiger partial charge in [0.05, 0.1) is 11.3 Å². The van der Waals surface area contributed by atoms with Gasteiger partial charge in [-0.15, -0.1) is 12.4 Å². The summed E-state index contributed by atoms with van der Waals surface area (Å²) in [6.07, 6.45) is 2.82. The predicted molar refractivity (Wildman–Crippen MR) is 99.8 cm³/mol. The van der Waals surface area contributed by atoms with Gasteiger partial charge in [0, 0.05) is 17.0 Å². The Kier molecular flexibility index (Phi) is 8.00. The Morgan fingerprint density at radius 1 is 1.33 bits per heavy atom. The van der Waals surface area contributed by atoms with E-state index in [1.54, 1.807) is 18.2 Å². The Bertz CT molecular complexity index is 593. The van der Waals surface area contributed by atoms with Gasteiger partial charge in [-0.2, -0.15) is 0 Å². The molecular weight excluding hydrogens is 349 g/mol. The molecule has 1 saturated carbocycles. The minimum Gasteiger partial charge on any atom is -0.350 e. The monoisotopic (exact) mass is 373 g/mol. The zero-order chi connectivity index (χ0) is 17.0. The van der Waals surface area contributed by atoms with Crippen molar-refractivity contribution in [2.75, 3.05) is 11.9 Å². The Balaban J connectivity index is 0.00000288. The fourth-order valence-electron chi connectivity index (χ4n) is 3.05. The number of carbonyl (C=O) groups excluding carboxylic acids is 2. The summed E-state index contributed by atoms with van der Waals surface area (Å²) in [6, 6.07) is 4.90. The quantitative estimate of drug-likeness (QED) is 0.740. The Hall–Kier alpha value is -1.30. The van der Waals surface area contributed by atoms with Crippen LogP contribution in [0.2, 0.25) is 5.02 Å². The molecule has 1 fully saturated rings. The van der Waals surface area contributed by atoms with Crippen molar-refractivity contribution in [2.45, 2.75) is 39.2 Å². The van der Waals surface area contributed by atoms with Crippen molar-refractivity contribution >= 4 is 41.5 Å². The number of nitrogens with two attached hydrogens (primary N) is 1. The van der Waals surface area contributed by atoms with E-state index in [9.17, 15) is 9.59 Å². The van der Waals surface area contributed by atoms with Gasteiger partial charge in [0.25, 0.3) is 5.91 Å². The molecule has 0 spiro atoms. The summed E-state index contributed by atoms with van der Waals surface area (Å²) >= 11 is 6.02. The van der Waals surface area contributed by atoms with Crippen LogP contribution in [-0.4, -0.2) is 24.4 Å².